The maximum absolute atomic E-state index is 6.02. The Balaban J connectivity index is 1.49. The van der Waals surface area contributed by atoms with Gasteiger partial charge >= 0.3 is 0 Å². The lowest BCUT2D eigenvalue weighted by Gasteiger charge is -2.34. The second kappa shape index (κ2) is 8.13. The van der Waals surface area contributed by atoms with E-state index >= 15 is 0 Å². The lowest BCUT2D eigenvalue weighted by atomic mass is 9.89. The Kier molecular flexibility index (Phi) is 5.92. The largest absolute Gasteiger partial charge is 0.497 e. The number of rotatable bonds is 4. The molecule has 0 aromatic heterocycles. The third-order valence-corrected chi connectivity index (χ3v) is 5.17. The van der Waals surface area contributed by atoms with Crippen molar-refractivity contribution in [1.82, 2.24) is 9.80 Å². The fraction of sp³-hybridized carbons (Fsp3) is 0.684. The summed E-state index contributed by atoms with van der Waals surface area (Å²) in [6.45, 7) is 6.56. The van der Waals surface area contributed by atoms with Crippen LogP contribution in [0, 0.1) is 0 Å². The van der Waals surface area contributed by atoms with Crippen LogP contribution in [0.2, 0.25) is 0 Å². The molecule has 1 aromatic rings. The molecule has 23 heavy (non-hydrogen) atoms. The third kappa shape index (κ3) is 4.69. The molecule has 128 valence electrons. The molecule has 0 saturated carbocycles. The van der Waals surface area contributed by atoms with E-state index in [9.17, 15) is 0 Å². The van der Waals surface area contributed by atoms with Crippen molar-refractivity contribution in [3.63, 3.8) is 0 Å². The third-order valence-electron chi connectivity index (χ3n) is 5.17. The summed E-state index contributed by atoms with van der Waals surface area (Å²) in [7, 11) is 3.95. The molecule has 2 heterocycles. The second-order valence-electron chi connectivity index (χ2n) is 6.96. The zero-order chi connectivity index (χ0) is 16.1. The summed E-state index contributed by atoms with van der Waals surface area (Å²) >= 11 is 0. The number of ether oxygens (including phenoxy) is 2. The number of hydrogen-bond donors (Lipinski definition) is 0. The van der Waals surface area contributed by atoms with Crippen LogP contribution >= 0.6 is 0 Å². The standard InChI is InChI=1S/C19H30N2O2/c1-20-9-4-12-23-19(14-20)15-21-10-7-16(8-11-21)17-5-3-6-18(13-17)22-2/h3,5-6,13,16,19H,4,7-12,14-15H2,1-2H3. The van der Waals surface area contributed by atoms with Gasteiger partial charge in [0, 0.05) is 26.2 Å². The highest BCUT2D eigenvalue weighted by atomic mass is 16.5. The first-order chi connectivity index (χ1) is 11.2. The molecule has 1 aromatic carbocycles. The van der Waals surface area contributed by atoms with Crippen LogP contribution < -0.4 is 4.74 Å². The summed E-state index contributed by atoms with van der Waals surface area (Å²) in [6, 6.07) is 8.57. The summed E-state index contributed by atoms with van der Waals surface area (Å²) in [5.74, 6) is 1.64. The maximum Gasteiger partial charge on any atom is 0.119 e. The molecular weight excluding hydrogens is 288 g/mol. The van der Waals surface area contributed by atoms with Crippen LogP contribution in [-0.2, 0) is 4.74 Å². The van der Waals surface area contributed by atoms with E-state index in [0.717, 1.165) is 38.4 Å². The molecule has 2 fully saturated rings. The first kappa shape index (κ1) is 16.7. The van der Waals surface area contributed by atoms with Gasteiger partial charge in [-0.2, -0.15) is 0 Å². The molecular formula is C19H30N2O2. The van der Waals surface area contributed by atoms with Gasteiger partial charge in [-0.1, -0.05) is 12.1 Å². The first-order valence-corrected chi connectivity index (χ1v) is 8.91. The van der Waals surface area contributed by atoms with E-state index in [0.29, 0.717) is 12.0 Å². The van der Waals surface area contributed by atoms with Gasteiger partial charge in [-0.15, -0.1) is 0 Å². The smallest absolute Gasteiger partial charge is 0.119 e. The van der Waals surface area contributed by atoms with Crippen LogP contribution in [0.15, 0.2) is 24.3 Å². The van der Waals surface area contributed by atoms with Crippen LogP contribution in [0.3, 0.4) is 0 Å². The molecule has 0 bridgehead atoms. The Morgan fingerprint density at radius 3 is 2.83 bits per heavy atom. The Morgan fingerprint density at radius 1 is 1.22 bits per heavy atom. The van der Waals surface area contributed by atoms with Crippen LogP contribution in [0.5, 0.6) is 5.75 Å². The van der Waals surface area contributed by atoms with Crippen molar-refractivity contribution in [3.05, 3.63) is 29.8 Å². The van der Waals surface area contributed by atoms with Gasteiger partial charge in [0.25, 0.3) is 0 Å². The maximum atomic E-state index is 6.02. The molecule has 1 unspecified atom stereocenters. The fourth-order valence-corrected chi connectivity index (χ4v) is 3.82. The van der Waals surface area contributed by atoms with Crippen molar-refractivity contribution >= 4 is 0 Å². The van der Waals surface area contributed by atoms with Gasteiger partial charge in [0.2, 0.25) is 0 Å². The molecule has 3 rings (SSSR count). The second-order valence-corrected chi connectivity index (χ2v) is 6.96. The van der Waals surface area contributed by atoms with E-state index in [1.54, 1.807) is 7.11 Å². The monoisotopic (exact) mass is 318 g/mol. The molecule has 0 radical (unpaired) electrons. The highest BCUT2D eigenvalue weighted by Gasteiger charge is 2.24. The van der Waals surface area contributed by atoms with Crippen LogP contribution in [-0.4, -0.2) is 69.4 Å². The van der Waals surface area contributed by atoms with Gasteiger partial charge in [-0.3, -0.25) is 0 Å². The van der Waals surface area contributed by atoms with Crippen molar-refractivity contribution in [2.75, 3.05) is 53.5 Å². The van der Waals surface area contributed by atoms with Crippen molar-refractivity contribution in [1.29, 1.82) is 0 Å². The predicted molar refractivity (Wildman–Crippen MR) is 93.3 cm³/mol. The van der Waals surface area contributed by atoms with Gasteiger partial charge < -0.3 is 19.3 Å². The van der Waals surface area contributed by atoms with Gasteiger partial charge in [-0.25, -0.2) is 0 Å². The number of likely N-dealkylation sites (N-methyl/N-ethyl adjacent to an activating group) is 1. The van der Waals surface area contributed by atoms with Crippen molar-refractivity contribution in [3.8, 4) is 5.75 Å². The van der Waals surface area contributed by atoms with Crippen molar-refractivity contribution in [2.24, 2.45) is 0 Å². The van der Waals surface area contributed by atoms with Crippen LogP contribution in [0.1, 0.15) is 30.7 Å². The van der Waals surface area contributed by atoms with Gasteiger partial charge in [0.05, 0.1) is 13.2 Å². The zero-order valence-electron chi connectivity index (χ0n) is 14.5. The minimum atomic E-state index is 0.371. The van der Waals surface area contributed by atoms with E-state index in [-0.39, 0.29) is 0 Å². The fourth-order valence-electron chi connectivity index (χ4n) is 3.82. The molecule has 2 aliphatic heterocycles. The van der Waals surface area contributed by atoms with Gasteiger partial charge in [0.15, 0.2) is 0 Å². The molecule has 0 N–H and O–H groups in total. The molecule has 0 aliphatic carbocycles. The number of benzene rings is 1. The van der Waals surface area contributed by atoms with Gasteiger partial charge in [-0.05, 0) is 63.0 Å². The Morgan fingerprint density at radius 2 is 2.04 bits per heavy atom. The number of methoxy groups -OCH3 is 1. The number of nitrogens with zero attached hydrogens (tertiary/aromatic N) is 2. The van der Waals surface area contributed by atoms with E-state index in [2.05, 4.69) is 35.0 Å². The molecule has 1 atom stereocenters. The van der Waals surface area contributed by atoms with E-state index < -0.39 is 0 Å². The predicted octanol–water partition coefficient (Wildman–Crippen LogP) is 2.60. The lowest BCUT2D eigenvalue weighted by molar-refractivity contribution is 0.0234. The highest BCUT2D eigenvalue weighted by molar-refractivity contribution is 5.31. The van der Waals surface area contributed by atoms with Crippen molar-refractivity contribution < 1.29 is 9.47 Å². The first-order valence-electron chi connectivity index (χ1n) is 8.91. The van der Waals surface area contributed by atoms with Crippen LogP contribution in [0.4, 0.5) is 0 Å². The van der Waals surface area contributed by atoms with E-state index in [1.807, 2.05) is 6.07 Å². The quantitative estimate of drug-likeness (QED) is 0.852. The average molecular weight is 318 g/mol. The number of likely N-dealkylation sites (tertiary alicyclic amines) is 1. The summed E-state index contributed by atoms with van der Waals surface area (Å²) in [4.78, 5) is 4.99. The van der Waals surface area contributed by atoms with E-state index in [4.69, 9.17) is 9.47 Å². The minimum Gasteiger partial charge on any atom is -0.497 e. The van der Waals surface area contributed by atoms with Crippen molar-refractivity contribution in [2.45, 2.75) is 31.3 Å². The van der Waals surface area contributed by atoms with Crippen LogP contribution in [0.25, 0.3) is 0 Å². The van der Waals surface area contributed by atoms with Gasteiger partial charge in [0.1, 0.15) is 5.75 Å². The molecule has 0 amide bonds. The molecule has 2 aliphatic rings. The number of piperidine rings is 1. The number of hydrogen-bond acceptors (Lipinski definition) is 4. The average Bonchev–Trinajstić information content (AvgIpc) is 2.79. The minimum absolute atomic E-state index is 0.371. The Bertz CT molecular complexity index is 486. The molecule has 4 nitrogen and oxygen atoms in total. The normalized spacial score (nSPS) is 25.2. The summed E-state index contributed by atoms with van der Waals surface area (Å²) < 4.78 is 11.4. The summed E-state index contributed by atoms with van der Waals surface area (Å²) in [5, 5.41) is 0. The van der Waals surface area contributed by atoms with E-state index in [1.165, 1.54) is 31.5 Å². The highest BCUT2D eigenvalue weighted by Crippen LogP contribution is 2.30. The zero-order valence-corrected chi connectivity index (χ0v) is 14.5. The SMILES string of the molecule is COc1cccc(C2CCN(CC3CN(C)CCCO3)CC2)c1. The Hall–Kier alpha value is -1.10. The molecule has 2 saturated heterocycles. The Labute approximate surface area is 140 Å². The topological polar surface area (TPSA) is 24.9 Å². The molecule has 0 spiro atoms. The summed E-state index contributed by atoms with van der Waals surface area (Å²) in [6.07, 6.45) is 3.99. The summed E-state index contributed by atoms with van der Waals surface area (Å²) in [5.41, 5.74) is 1.43. The molecule has 4 heteroatoms. The lowest BCUT2D eigenvalue weighted by Crippen LogP contribution is -2.42.